The summed E-state index contributed by atoms with van der Waals surface area (Å²) in [6.07, 6.45) is 2.76. The zero-order valence-corrected chi connectivity index (χ0v) is 8.58. The van der Waals surface area contributed by atoms with Gasteiger partial charge in [0.05, 0.1) is 0 Å². The molecule has 8 heteroatoms. The molecule has 0 unspecified atom stereocenters. The van der Waals surface area contributed by atoms with Crippen LogP contribution in [0.5, 0.6) is 0 Å². The van der Waals surface area contributed by atoms with Crippen molar-refractivity contribution in [3.05, 3.63) is 44.8 Å². The van der Waals surface area contributed by atoms with Gasteiger partial charge in [0.2, 0.25) is 6.39 Å². The van der Waals surface area contributed by atoms with Gasteiger partial charge in [-0.1, -0.05) is 5.16 Å². The molecule has 0 aliphatic heterocycles. The Balaban J connectivity index is 2.25. The number of aryl methyl sites for hydroxylation is 2. The van der Waals surface area contributed by atoms with Crippen molar-refractivity contribution >= 4 is 0 Å². The maximum absolute atomic E-state index is 11.4. The number of hydrogen-bond acceptors (Lipinski definition) is 6. The molecule has 0 amide bonds. The maximum Gasteiger partial charge on any atom is 0.328 e. The number of H-pyrrole nitrogens is 1. The lowest BCUT2D eigenvalue weighted by molar-refractivity contribution is 0.408. The van der Waals surface area contributed by atoms with Crippen molar-refractivity contribution in [2.24, 2.45) is 0 Å². The summed E-state index contributed by atoms with van der Waals surface area (Å²) < 4.78 is 5.76. The zero-order valence-electron chi connectivity index (χ0n) is 8.58. The van der Waals surface area contributed by atoms with Crippen molar-refractivity contribution < 1.29 is 4.52 Å². The van der Waals surface area contributed by atoms with Crippen LogP contribution in [0.3, 0.4) is 0 Å². The van der Waals surface area contributed by atoms with E-state index in [0.29, 0.717) is 12.2 Å². The second-order valence-electron chi connectivity index (χ2n) is 3.20. The van der Waals surface area contributed by atoms with E-state index in [0.717, 1.165) is 0 Å². The van der Waals surface area contributed by atoms with Crippen LogP contribution in [0.15, 0.2) is 26.7 Å². The van der Waals surface area contributed by atoms with E-state index in [4.69, 9.17) is 5.26 Å². The third-order valence-corrected chi connectivity index (χ3v) is 2.11. The van der Waals surface area contributed by atoms with E-state index in [1.807, 2.05) is 0 Å². The van der Waals surface area contributed by atoms with E-state index >= 15 is 0 Å². The summed E-state index contributed by atoms with van der Waals surface area (Å²) in [5, 5.41) is 12.2. The standard InChI is InChI=1S/C9H7N5O3/c10-3-6-4-14(9(16)12-8(6)15)2-1-7-11-5-17-13-7/h4-5H,1-2H2,(H,12,15,16). The molecule has 0 saturated carbocycles. The van der Waals surface area contributed by atoms with E-state index in [2.05, 4.69) is 19.6 Å². The molecule has 0 atom stereocenters. The average molecular weight is 233 g/mol. The van der Waals surface area contributed by atoms with E-state index in [9.17, 15) is 9.59 Å². The number of nitriles is 1. The molecule has 86 valence electrons. The lowest BCUT2D eigenvalue weighted by atomic mass is 10.3. The normalized spacial score (nSPS) is 10.1. The molecule has 2 aromatic heterocycles. The van der Waals surface area contributed by atoms with Crippen LogP contribution in [0.1, 0.15) is 11.4 Å². The SMILES string of the molecule is N#Cc1cn(CCc2ncon2)c(=O)[nH]c1=O. The Morgan fingerprint density at radius 3 is 3.00 bits per heavy atom. The number of aromatic nitrogens is 4. The molecule has 8 nitrogen and oxygen atoms in total. The summed E-state index contributed by atoms with van der Waals surface area (Å²) in [5.41, 5.74) is -1.37. The second kappa shape index (κ2) is 4.44. The van der Waals surface area contributed by atoms with Crippen LogP contribution in [0.25, 0.3) is 0 Å². The van der Waals surface area contributed by atoms with Crippen molar-refractivity contribution in [1.29, 1.82) is 5.26 Å². The second-order valence-corrected chi connectivity index (χ2v) is 3.20. The zero-order chi connectivity index (χ0) is 12.3. The van der Waals surface area contributed by atoms with Crippen LogP contribution >= 0.6 is 0 Å². The van der Waals surface area contributed by atoms with E-state index in [-0.39, 0.29) is 12.1 Å². The Bertz CT molecular complexity index is 661. The van der Waals surface area contributed by atoms with Gasteiger partial charge in [-0.25, -0.2) is 4.79 Å². The van der Waals surface area contributed by atoms with Gasteiger partial charge in [-0.3, -0.25) is 14.3 Å². The Kier molecular flexibility index (Phi) is 2.83. The average Bonchev–Trinajstić information content (AvgIpc) is 2.81. The largest absolute Gasteiger partial charge is 0.343 e. The van der Waals surface area contributed by atoms with Crippen LogP contribution in [0.4, 0.5) is 0 Å². The molecule has 0 fully saturated rings. The third-order valence-electron chi connectivity index (χ3n) is 2.11. The highest BCUT2D eigenvalue weighted by atomic mass is 16.5. The molecule has 2 heterocycles. The van der Waals surface area contributed by atoms with E-state index in [1.54, 1.807) is 6.07 Å². The number of nitrogens with one attached hydrogen (secondary N) is 1. The molecular formula is C9H7N5O3. The van der Waals surface area contributed by atoms with Gasteiger partial charge in [-0.05, 0) is 0 Å². The molecule has 17 heavy (non-hydrogen) atoms. The Hall–Kier alpha value is -2.69. The van der Waals surface area contributed by atoms with Crippen LogP contribution in [-0.4, -0.2) is 19.7 Å². The lowest BCUT2D eigenvalue weighted by Crippen LogP contribution is -2.31. The lowest BCUT2D eigenvalue weighted by Gasteiger charge is -2.02. The van der Waals surface area contributed by atoms with Crippen molar-refractivity contribution in [2.45, 2.75) is 13.0 Å². The summed E-state index contributed by atoms with van der Waals surface area (Å²) in [4.78, 5) is 28.4. The molecule has 0 spiro atoms. The minimum Gasteiger partial charge on any atom is -0.343 e. The molecule has 0 saturated heterocycles. The Morgan fingerprint density at radius 1 is 1.53 bits per heavy atom. The van der Waals surface area contributed by atoms with Crippen molar-refractivity contribution in [2.75, 3.05) is 0 Å². The first-order valence-corrected chi connectivity index (χ1v) is 4.70. The first-order valence-electron chi connectivity index (χ1n) is 4.70. The van der Waals surface area contributed by atoms with Crippen molar-refractivity contribution in [3.63, 3.8) is 0 Å². The van der Waals surface area contributed by atoms with Gasteiger partial charge in [0, 0.05) is 19.2 Å². The summed E-state index contributed by atoms with van der Waals surface area (Å²) in [6, 6.07) is 1.70. The van der Waals surface area contributed by atoms with Gasteiger partial charge in [-0.2, -0.15) is 10.2 Å². The summed E-state index contributed by atoms with van der Waals surface area (Å²) >= 11 is 0. The van der Waals surface area contributed by atoms with Crippen LogP contribution in [-0.2, 0) is 13.0 Å². The van der Waals surface area contributed by atoms with Gasteiger partial charge < -0.3 is 4.52 Å². The monoisotopic (exact) mass is 233 g/mol. The van der Waals surface area contributed by atoms with E-state index < -0.39 is 11.2 Å². The number of hydrogen-bond donors (Lipinski definition) is 1. The molecule has 2 aromatic rings. The van der Waals surface area contributed by atoms with Gasteiger partial charge in [0.25, 0.3) is 5.56 Å². The van der Waals surface area contributed by atoms with Gasteiger partial charge in [0.15, 0.2) is 5.82 Å². The molecule has 0 aliphatic rings. The Morgan fingerprint density at radius 2 is 2.35 bits per heavy atom. The first-order chi connectivity index (χ1) is 8.20. The fourth-order valence-electron chi connectivity index (χ4n) is 1.28. The van der Waals surface area contributed by atoms with Gasteiger partial charge in [-0.15, -0.1) is 0 Å². The van der Waals surface area contributed by atoms with Crippen LogP contribution in [0.2, 0.25) is 0 Å². The highest BCUT2D eigenvalue weighted by Gasteiger charge is 2.05. The van der Waals surface area contributed by atoms with Gasteiger partial charge >= 0.3 is 5.69 Å². The molecular weight excluding hydrogens is 226 g/mol. The Labute approximate surface area is 94.1 Å². The third kappa shape index (κ3) is 2.28. The van der Waals surface area contributed by atoms with Gasteiger partial charge in [0.1, 0.15) is 11.6 Å². The predicted molar refractivity (Wildman–Crippen MR) is 54.0 cm³/mol. The quantitative estimate of drug-likeness (QED) is 0.729. The predicted octanol–water partition coefficient (Wildman–Crippen LogP) is -0.966. The molecule has 0 aromatic carbocycles. The molecule has 1 N–H and O–H groups in total. The molecule has 2 rings (SSSR count). The minimum absolute atomic E-state index is 0.113. The maximum atomic E-state index is 11.4. The first kappa shape index (κ1) is 10.8. The number of rotatable bonds is 3. The van der Waals surface area contributed by atoms with Crippen molar-refractivity contribution in [1.82, 2.24) is 19.7 Å². The highest BCUT2D eigenvalue weighted by molar-refractivity contribution is 5.21. The molecule has 0 aliphatic carbocycles. The van der Waals surface area contributed by atoms with Crippen LogP contribution in [0, 0.1) is 11.3 Å². The number of nitrogens with zero attached hydrogens (tertiary/aromatic N) is 4. The fraction of sp³-hybridized carbons (Fsp3) is 0.222. The van der Waals surface area contributed by atoms with Crippen LogP contribution < -0.4 is 11.2 Å². The minimum atomic E-state index is -0.687. The summed E-state index contributed by atoms with van der Waals surface area (Å²) in [6.45, 7) is 0.254. The summed E-state index contributed by atoms with van der Waals surface area (Å²) in [5.74, 6) is 0.446. The smallest absolute Gasteiger partial charge is 0.328 e. The number of aromatic amines is 1. The summed E-state index contributed by atoms with van der Waals surface area (Å²) in [7, 11) is 0. The van der Waals surface area contributed by atoms with Crippen molar-refractivity contribution in [3.8, 4) is 6.07 Å². The van der Waals surface area contributed by atoms with E-state index in [1.165, 1.54) is 17.2 Å². The molecule has 0 radical (unpaired) electrons. The fourth-order valence-corrected chi connectivity index (χ4v) is 1.28. The molecule has 0 bridgehead atoms. The highest BCUT2D eigenvalue weighted by Crippen LogP contribution is 1.93. The topological polar surface area (TPSA) is 118 Å².